The molecule has 3 heterocycles. The van der Waals surface area contributed by atoms with Crippen LogP contribution in [0.1, 0.15) is 125 Å². The second-order valence-electron chi connectivity index (χ2n) is 18.8. The molecule has 3 N–H and O–H groups in total. The summed E-state index contributed by atoms with van der Waals surface area (Å²) < 4.78 is 30.6. The molecule has 14 heteroatoms. The second-order valence-corrected chi connectivity index (χ2v) is 18.8. The Morgan fingerprint density at radius 1 is 0.903 bits per heavy atom. The van der Waals surface area contributed by atoms with Crippen molar-refractivity contribution in [2.24, 2.45) is 29.6 Å². The van der Waals surface area contributed by atoms with Crippen LogP contribution in [0.5, 0.6) is 0 Å². The van der Waals surface area contributed by atoms with E-state index in [0.29, 0.717) is 69.8 Å². The predicted octanol–water partition coefficient (Wildman–Crippen LogP) is 5.94. The van der Waals surface area contributed by atoms with Crippen LogP contribution in [0.4, 0.5) is 0 Å². The molecule has 14 atom stereocenters. The number of ketones is 2. The van der Waals surface area contributed by atoms with Gasteiger partial charge in [0.1, 0.15) is 29.6 Å². The average Bonchev–Trinajstić information content (AvgIpc) is 3.24. The summed E-state index contributed by atoms with van der Waals surface area (Å²) in [6.07, 6.45) is 7.78. The quantitative estimate of drug-likeness (QED) is 0.133. The molecule has 1 saturated carbocycles. The summed E-state index contributed by atoms with van der Waals surface area (Å²) in [4.78, 5) is 70.1. The Hall–Kier alpha value is -3.27. The number of carbonyl (C=O) groups excluding carboxylic acids is 4. The zero-order chi connectivity index (χ0) is 45.9. The van der Waals surface area contributed by atoms with Crippen LogP contribution < -0.4 is 0 Å². The molecule has 1 aliphatic carbocycles. The number of rotatable bonds is 10. The highest BCUT2D eigenvalue weighted by molar-refractivity contribution is 6.39. The van der Waals surface area contributed by atoms with Gasteiger partial charge in [0.25, 0.3) is 11.7 Å². The number of carboxylic acids is 1. The molecule has 350 valence electrons. The third-order valence-corrected chi connectivity index (χ3v) is 14.0. The number of hydrogen-bond acceptors (Lipinski definition) is 12. The standard InChI is InChI=1S/C48H75NO13/c1-28-21-29(2)23-40(59-8)44-41(60-9)25-31(4)48(6,62-44)45(55)46(56)49-20-14-13-16-35(49)47(57)61-43(30(3)24-33-18-19-36(50)39(26-33)58-7)32(5)37(51)27-38(52)34(22-28)15-11-10-12-17-42(53)54/h10-11,22,24,29,31-37,39-41,43-44,50-51H,12-21,23,25-27H2,1-9H3,(H,53,54)/b11-10+,28-22+,30-24+/t29-,31+,32+,33-,34+,35-,36+,37-,39+,40-,41-,43+,44+,48+/m0/s1. The first-order valence-electron chi connectivity index (χ1n) is 22.8. The number of esters is 1. The van der Waals surface area contributed by atoms with Crippen molar-refractivity contribution in [2.75, 3.05) is 27.9 Å². The molecule has 0 aromatic heterocycles. The number of nitrogens with zero attached hydrogens (tertiary/aromatic N) is 1. The average molecular weight is 874 g/mol. The van der Waals surface area contributed by atoms with E-state index in [-0.39, 0.29) is 49.5 Å². The number of ether oxygens (including phenoxy) is 5. The maximum Gasteiger partial charge on any atom is 0.329 e. The van der Waals surface area contributed by atoms with Gasteiger partial charge in [-0.05, 0) is 115 Å². The van der Waals surface area contributed by atoms with E-state index in [9.17, 15) is 34.2 Å². The second kappa shape index (κ2) is 23.6. The van der Waals surface area contributed by atoms with Crippen LogP contribution in [0.15, 0.2) is 35.5 Å². The van der Waals surface area contributed by atoms with E-state index in [4.69, 9.17) is 28.8 Å². The van der Waals surface area contributed by atoms with Gasteiger partial charge in [0.15, 0.2) is 0 Å². The minimum absolute atomic E-state index is 0.0196. The van der Waals surface area contributed by atoms with Crippen molar-refractivity contribution < 1.29 is 63.0 Å². The Kier molecular flexibility index (Phi) is 19.6. The maximum atomic E-state index is 14.5. The fraction of sp³-hybridized carbons (Fsp3) is 0.771. The lowest BCUT2D eigenvalue weighted by atomic mass is 9.76. The Bertz CT molecular complexity index is 1640. The van der Waals surface area contributed by atoms with E-state index < -0.39 is 89.6 Å². The number of cyclic esters (lactones) is 1. The molecule has 3 aliphatic heterocycles. The third-order valence-electron chi connectivity index (χ3n) is 14.0. The van der Waals surface area contributed by atoms with E-state index in [1.165, 1.54) is 4.90 Å². The molecule has 2 bridgehead atoms. The number of carbonyl (C=O) groups is 5. The molecule has 1 amide bonds. The normalized spacial score (nSPS) is 38.8. The van der Waals surface area contributed by atoms with Gasteiger partial charge in [-0.2, -0.15) is 0 Å². The SMILES string of the molecule is CO[C@H]1C[C@@H](C)C/C(C)=C/[C@@H](C/C=C/CCC(=O)O)C(=O)C[C@H](O)[C@@H](C)[C@@H](/C(C)=C/[C@@H]2CC[C@@H](O)[C@H](OC)C2)OC(=O)[C@@H]2CCCCN2C(=O)C(=O)[C@]2(C)O[C@H]1[C@@H](OC)C[C@H]2C. The van der Waals surface area contributed by atoms with E-state index >= 15 is 0 Å². The van der Waals surface area contributed by atoms with Crippen LogP contribution in [0.2, 0.25) is 0 Å². The van der Waals surface area contributed by atoms with Crippen LogP contribution in [-0.2, 0) is 47.7 Å². The third kappa shape index (κ3) is 13.2. The van der Waals surface area contributed by atoms with Gasteiger partial charge >= 0.3 is 11.9 Å². The summed E-state index contributed by atoms with van der Waals surface area (Å²) in [5, 5.41) is 31.5. The van der Waals surface area contributed by atoms with E-state index in [0.717, 1.165) is 5.57 Å². The van der Waals surface area contributed by atoms with Gasteiger partial charge in [-0.15, -0.1) is 0 Å². The van der Waals surface area contributed by atoms with E-state index in [2.05, 4.69) is 6.92 Å². The summed E-state index contributed by atoms with van der Waals surface area (Å²) in [7, 11) is 4.74. The Morgan fingerprint density at radius 3 is 2.24 bits per heavy atom. The molecule has 2 saturated heterocycles. The molecule has 0 spiro atoms. The van der Waals surface area contributed by atoms with Crippen LogP contribution in [0.25, 0.3) is 0 Å². The largest absolute Gasteiger partial charge is 0.481 e. The lowest BCUT2D eigenvalue weighted by Crippen LogP contribution is -2.63. The highest BCUT2D eigenvalue weighted by atomic mass is 16.6. The van der Waals surface area contributed by atoms with Gasteiger partial charge in [-0.3, -0.25) is 19.2 Å². The zero-order valence-electron chi connectivity index (χ0n) is 38.6. The molecule has 0 unspecified atom stereocenters. The molecule has 62 heavy (non-hydrogen) atoms. The minimum atomic E-state index is -1.54. The van der Waals surface area contributed by atoms with Crippen molar-refractivity contribution in [3.05, 3.63) is 35.5 Å². The molecule has 14 nitrogen and oxygen atoms in total. The van der Waals surface area contributed by atoms with Gasteiger partial charge in [0.2, 0.25) is 0 Å². The Balaban J connectivity index is 1.79. The predicted molar refractivity (Wildman–Crippen MR) is 232 cm³/mol. The van der Waals surface area contributed by atoms with Crippen molar-refractivity contribution in [3.8, 4) is 0 Å². The van der Waals surface area contributed by atoms with Crippen molar-refractivity contribution in [2.45, 2.75) is 179 Å². The zero-order valence-corrected chi connectivity index (χ0v) is 38.6. The van der Waals surface area contributed by atoms with Crippen molar-refractivity contribution in [1.29, 1.82) is 0 Å². The summed E-state index contributed by atoms with van der Waals surface area (Å²) in [6, 6.07) is -1.07. The van der Waals surface area contributed by atoms with Crippen molar-refractivity contribution >= 4 is 29.4 Å². The van der Waals surface area contributed by atoms with E-state index in [1.807, 2.05) is 39.0 Å². The number of hydrogen-bond donors (Lipinski definition) is 3. The first kappa shape index (κ1) is 51.4. The van der Waals surface area contributed by atoms with Crippen LogP contribution in [0.3, 0.4) is 0 Å². The highest BCUT2D eigenvalue weighted by Gasteiger charge is 2.54. The summed E-state index contributed by atoms with van der Waals surface area (Å²) in [5.74, 6) is -5.19. The van der Waals surface area contributed by atoms with Gasteiger partial charge in [0, 0.05) is 52.6 Å². The van der Waals surface area contributed by atoms with Gasteiger partial charge in [-0.1, -0.05) is 50.6 Å². The number of aliphatic carboxylic acids is 1. The maximum absolute atomic E-state index is 14.5. The topological polar surface area (TPSA) is 195 Å². The number of methoxy groups -OCH3 is 3. The van der Waals surface area contributed by atoms with Gasteiger partial charge in [0.05, 0.1) is 30.5 Å². The number of Topliss-reactive ketones (excluding diaryl/α,β-unsaturated/α-hetero) is 2. The number of piperidine rings is 1. The van der Waals surface area contributed by atoms with Crippen LogP contribution in [-0.4, -0.2) is 132 Å². The Morgan fingerprint density at radius 2 is 1.58 bits per heavy atom. The number of aliphatic hydroxyl groups excluding tert-OH is 2. The highest BCUT2D eigenvalue weighted by Crippen LogP contribution is 2.40. The number of fused-ring (bicyclic) bond motifs is 3. The first-order valence-corrected chi connectivity index (χ1v) is 22.8. The smallest absolute Gasteiger partial charge is 0.329 e. The molecular weight excluding hydrogens is 799 g/mol. The molecule has 3 fully saturated rings. The lowest BCUT2D eigenvalue weighted by Gasteiger charge is -2.48. The fourth-order valence-corrected chi connectivity index (χ4v) is 10.0. The van der Waals surface area contributed by atoms with Crippen molar-refractivity contribution in [3.63, 3.8) is 0 Å². The van der Waals surface area contributed by atoms with Crippen molar-refractivity contribution in [1.82, 2.24) is 4.90 Å². The van der Waals surface area contributed by atoms with Gasteiger partial charge < -0.3 is 43.9 Å². The number of amides is 1. The van der Waals surface area contributed by atoms with Crippen LogP contribution >= 0.6 is 0 Å². The molecular formula is C48H75NO13. The van der Waals surface area contributed by atoms with Gasteiger partial charge in [-0.25, -0.2) is 4.79 Å². The molecule has 0 aromatic rings. The monoisotopic (exact) mass is 874 g/mol. The number of allylic oxidation sites excluding steroid dienone is 5. The fourth-order valence-electron chi connectivity index (χ4n) is 10.0. The van der Waals surface area contributed by atoms with Crippen LogP contribution in [0, 0.1) is 29.6 Å². The number of carboxylic acid groups (broad SMARTS) is 1. The summed E-state index contributed by atoms with van der Waals surface area (Å²) in [6.45, 7) is 11.3. The van der Waals surface area contributed by atoms with E-state index in [1.54, 1.807) is 41.3 Å². The minimum Gasteiger partial charge on any atom is -0.481 e. The Labute approximate surface area is 368 Å². The lowest BCUT2D eigenvalue weighted by molar-refractivity contribution is -0.229. The molecule has 0 radical (unpaired) electrons. The summed E-state index contributed by atoms with van der Waals surface area (Å²) in [5.41, 5.74) is 0.0545. The molecule has 4 aliphatic rings. The number of aliphatic hydroxyl groups is 2. The first-order chi connectivity index (χ1) is 29.3. The molecule has 0 aromatic carbocycles. The molecule has 4 rings (SSSR count). The summed E-state index contributed by atoms with van der Waals surface area (Å²) >= 11 is 0.